The summed E-state index contributed by atoms with van der Waals surface area (Å²) in [6.07, 6.45) is 4.35. The Balaban J connectivity index is 2.36. The van der Waals surface area contributed by atoms with Crippen LogP contribution in [-0.4, -0.2) is 31.7 Å². The van der Waals surface area contributed by atoms with Crippen molar-refractivity contribution in [2.75, 3.05) is 18.6 Å². The van der Waals surface area contributed by atoms with Gasteiger partial charge in [-0.2, -0.15) is 0 Å². The quantitative estimate of drug-likeness (QED) is 0.824. The Morgan fingerprint density at radius 2 is 2.00 bits per heavy atom. The van der Waals surface area contributed by atoms with Gasteiger partial charge >= 0.3 is 5.97 Å². The molecule has 2 N–H and O–H groups in total. The number of halogens is 1. The summed E-state index contributed by atoms with van der Waals surface area (Å²) in [6.45, 7) is 5.07. The van der Waals surface area contributed by atoms with Crippen LogP contribution in [0.5, 0.6) is 0 Å². The van der Waals surface area contributed by atoms with E-state index in [2.05, 4.69) is 33.8 Å². The lowest BCUT2D eigenvalue weighted by Crippen LogP contribution is -2.41. The predicted octanol–water partition coefficient (Wildman–Crippen LogP) is 3.64. The molecule has 0 heterocycles. The summed E-state index contributed by atoms with van der Waals surface area (Å²) in [7, 11) is 1.42. The number of carbonyl (C=O) groups is 1. The van der Waals surface area contributed by atoms with E-state index < -0.39 is 0 Å². The highest BCUT2D eigenvalue weighted by molar-refractivity contribution is 9.10. The highest BCUT2D eigenvalue weighted by atomic mass is 79.9. The summed E-state index contributed by atoms with van der Waals surface area (Å²) in [6, 6.07) is 4.75. The van der Waals surface area contributed by atoms with Crippen LogP contribution in [0.1, 0.15) is 48.5 Å². The Morgan fingerprint density at radius 1 is 1.36 bits per heavy atom. The number of rotatable bonds is 4. The standard InChI is InChI=1S/C17H25BrN2O2/c1-4-20(14-7-5-13(19)6-8-14)16-10-12(18)9-15(11(16)2)17(21)22-3/h9-10,13-14H,4-8,19H2,1-3H3/t13-,14-. The highest BCUT2D eigenvalue weighted by Gasteiger charge is 2.26. The van der Waals surface area contributed by atoms with Crippen molar-refractivity contribution in [3.05, 3.63) is 27.7 Å². The van der Waals surface area contributed by atoms with Crippen molar-refractivity contribution in [3.63, 3.8) is 0 Å². The molecule has 0 unspecified atom stereocenters. The van der Waals surface area contributed by atoms with Gasteiger partial charge in [-0.1, -0.05) is 15.9 Å². The molecule has 0 amide bonds. The molecule has 1 aliphatic carbocycles. The Hall–Kier alpha value is -1.07. The summed E-state index contributed by atoms with van der Waals surface area (Å²) >= 11 is 3.52. The van der Waals surface area contributed by atoms with Gasteiger partial charge in [0.1, 0.15) is 0 Å². The fraction of sp³-hybridized carbons (Fsp3) is 0.588. The molecule has 122 valence electrons. The largest absolute Gasteiger partial charge is 0.465 e. The third-order valence-corrected chi connectivity index (χ3v) is 5.04. The van der Waals surface area contributed by atoms with Gasteiger partial charge in [0.15, 0.2) is 0 Å². The van der Waals surface area contributed by atoms with Crippen LogP contribution in [0.2, 0.25) is 0 Å². The second-order valence-electron chi connectivity index (χ2n) is 5.94. The Morgan fingerprint density at radius 3 is 2.55 bits per heavy atom. The first kappa shape index (κ1) is 17.3. The average Bonchev–Trinajstić information content (AvgIpc) is 2.52. The van der Waals surface area contributed by atoms with E-state index in [0.29, 0.717) is 17.6 Å². The van der Waals surface area contributed by atoms with Crippen LogP contribution in [-0.2, 0) is 4.74 Å². The van der Waals surface area contributed by atoms with Crippen molar-refractivity contribution in [1.82, 2.24) is 0 Å². The first-order chi connectivity index (χ1) is 10.5. The highest BCUT2D eigenvalue weighted by Crippen LogP contribution is 2.33. The minimum atomic E-state index is -0.290. The van der Waals surface area contributed by atoms with Crippen molar-refractivity contribution in [1.29, 1.82) is 0 Å². The monoisotopic (exact) mass is 368 g/mol. The molecule has 0 radical (unpaired) electrons. The fourth-order valence-electron chi connectivity index (χ4n) is 3.32. The van der Waals surface area contributed by atoms with Crippen LogP contribution in [0, 0.1) is 6.92 Å². The number of hydrogen-bond acceptors (Lipinski definition) is 4. The first-order valence-corrected chi connectivity index (χ1v) is 8.67. The summed E-state index contributed by atoms with van der Waals surface area (Å²) in [5.41, 5.74) is 8.74. The maximum atomic E-state index is 12.0. The minimum absolute atomic E-state index is 0.290. The van der Waals surface area contributed by atoms with E-state index >= 15 is 0 Å². The summed E-state index contributed by atoms with van der Waals surface area (Å²) in [4.78, 5) is 14.4. The number of esters is 1. The molecule has 1 aromatic rings. The van der Waals surface area contributed by atoms with Crippen molar-refractivity contribution >= 4 is 27.6 Å². The van der Waals surface area contributed by atoms with Crippen LogP contribution in [0.4, 0.5) is 5.69 Å². The van der Waals surface area contributed by atoms with E-state index in [1.54, 1.807) is 0 Å². The van der Waals surface area contributed by atoms with Gasteiger partial charge in [0.25, 0.3) is 0 Å². The third-order valence-electron chi connectivity index (χ3n) is 4.58. The molecule has 0 saturated heterocycles. The molecule has 0 atom stereocenters. The lowest BCUT2D eigenvalue weighted by atomic mass is 9.90. The molecule has 0 bridgehead atoms. The number of benzene rings is 1. The second kappa shape index (κ2) is 7.47. The minimum Gasteiger partial charge on any atom is -0.465 e. The lowest BCUT2D eigenvalue weighted by molar-refractivity contribution is 0.0600. The van der Waals surface area contributed by atoms with E-state index in [1.807, 2.05) is 13.0 Å². The van der Waals surface area contributed by atoms with Crippen molar-refractivity contribution in [2.45, 2.75) is 51.6 Å². The molecule has 4 nitrogen and oxygen atoms in total. The number of nitrogens with zero attached hydrogens (tertiary/aromatic N) is 1. The molecule has 0 aromatic heterocycles. The van der Waals surface area contributed by atoms with Gasteiger partial charge in [-0.05, 0) is 57.2 Å². The molecule has 5 heteroatoms. The lowest BCUT2D eigenvalue weighted by Gasteiger charge is -2.38. The molecule has 1 aliphatic rings. The molecule has 22 heavy (non-hydrogen) atoms. The third kappa shape index (κ3) is 3.63. The molecule has 1 fully saturated rings. The molecule has 1 saturated carbocycles. The van der Waals surface area contributed by atoms with E-state index in [0.717, 1.165) is 48.0 Å². The number of anilines is 1. The van der Waals surface area contributed by atoms with Crippen molar-refractivity contribution in [3.8, 4) is 0 Å². The zero-order chi connectivity index (χ0) is 16.3. The van der Waals surface area contributed by atoms with Gasteiger partial charge in [-0.25, -0.2) is 4.79 Å². The summed E-state index contributed by atoms with van der Waals surface area (Å²) in [5, 5.41) is 0. The van der Waals surface area contributed by atoms with Crippen LogP contribution < -0.4 is 10.6 Å². The van der Waals surface area contributed by atoms with Crippen molar-refractivity contribution < 1.29 is 9.53 Å². The van der Waals surface area contributed by atoms with E-state index in [-0.39, 0.29) is 5.97 Å². The number of hydrogen-bond donors (Lipinski definition) is 1. The Labute approximate surface area is 141 Å². The zero-order valence-corrected chi connectivity index (χ0v) is 15.1. The summed E-state index contributed by atoms with van der Waals surface area (Å²) in [5.74, 6) is -0.290. The maximum Gasteiger partial charge on any atom is 0.338 e. The first-order valence-electron chi connectivity index (χ1n) is 7.88. The van der Waals surface area contributed by atoms with Crippen LogP contribution in [0.3, 0.4) is 0 Å². The van der Waals surface area contributed by atoms with E-state index in [9.17, 15) is 4.79 Å². The average molecular weight is 369 g/mol. The van der Waals surface area contributed by atoms with Gasteiger partial charge in [0, 0.05) is 28.8 Å². The van der Waals surface area contributed by atoms with Crippen LogP contribution in [0.15, 0.2) is 16.6 Å². The van der Waals surface area contributed by atoms with Gasteiger partial charge in [0.05, 0.1) is 12.7 Å². The molecular weight excluding hydrogens is 344 g/mol. The normalized spacial score (nSPS) is 21.5. The SMILES string of the molecule is CCN(c1cc(Br)cc(C(=O)OC)c1C)[C@H]1CC[C@H](N)CC1. The molecular formula is C17H25BrN2O2. The van der Waals surface area contributed by atoms with Gasteiger partial charge in [-0.3, -0.25) is 0 Å². The molecule has 2 rings (SSSR count). The fourth-order valence-corrected chi connectivity index (χ4v) is 3.77. The van der Waals surface area contributed by atoms with Crippen molar-refractivity contribution in [2.24, 2.45) is 5.73 Å². The molecule has 1 aromatic carbocycles. The number of ether oxygens (including phenoxy) is 1. The number of carbonyl (C=O) groups excluding carboxylic acids is 1. The predicted molar refractivity (Wildman–Crippen MR) is 93.5 cm³/mol. The van der Waals surface area contributed by atoms with Crippen LogP contribution >= 0.6 is 15.9 Å². The maximum absolute atomic E-state index is 12.0. The zero-order valence-electron chi connectivity index (χ0n) is 13.6. The Kier molecular flexibility index (Phi) is 5.87. The van der Waals surface area contributed by atoms with Gasteiger partial charge in [0.2, 0.25) is 0 Å². The van der Waals surface area contributed by atoms with Gasteiger partial charge < -0.3 is 15.4 Å². The summed E-state index contributed by atoms with van der Waals surface area (Å²) < 4.78 is 5.81. The smallest absolute Gasteiger partial charge is 0.338 e. The Bertz CT molecular complexity index is 540. The second-order valence-corrected chi connectivity index (χ2v) is 6.86. The van der Waals surface area contributed by atoms with Crippen LogP contribution in [0.25, 0.3) is 0 Å². The topological polar surface area (TPSA) is 55.6 Å². The molecule has 0 spiro atoms. The number of nitrogens with two attached hydrogens (primary N) is 1. The van der Waals surface area contributed by atoms with Gasteiger partial charge in [-0.15, -0.1) is 0 Å². The van der Waals surface area contributed by atoms with E-state index in [1.165, 1.54) is 7.11 Å². The van der Waals surface area contributed by atoms with E-state index in [4.69, 9.17) is 10.5 Å². The number of methoxy groups -OCH3 is 1. The molecule has 0 aliphatic heterocycles.